The van der Waals surface area contributed by atoms with Gasteiger partial charge in [0.2, 0.25) is 0 Å². The van der Waals surface area contributed by atoms with Gasteiger partial charge in [0.25, 0.3) is 5.91 Å². The van der Waals surface area contributed by atoms with Crippen LogP contribution in [0.2, 0.25) is 0 Å². The number of hydrogen-bond donors (Lipinski definition) is 1. The molecule has 0 radical (unpaired) electrons. The Bertz CT molecular complexity index is 717. The van der Waals surface area contributed by atoms with Crippen LogP contribution in [-0.4, -0.2) is 24.9 Å². The number of ketones is 1. The van der Waals surface area contributed by atoms with E-state index < -0.39 is 12.5 Å². The van der Waals surface area contributed by atoms with Crippen LogP contribution in [-0.2, 0) is 4.79 Å². The minimum Gasteiger partial charge on any atom is -0.484 e. The third kappa shape index (κ3) is 5.35. The van der Waals surface area contributed by atoms with E-state index in [1.807, 2.05) is 0 Å². The van der Waals surface area contributed by atoms with Crippen LogP contribution in [0.15, 0.2) is 48.5 Å². The molecule has 0 spiro atoms. The maximum atomic E-state index is 12.0. The Hall–Kier alpha value is -2.96. The molecule has 0 aromatic heterocycles. The second kappa shape index (κ2) is 8.05. The Morgan fingerprint density at radius 2 is 1.79 bits per heavy atom. The number of nitrogens with one attached hydrogen (secondary N) is 1. The lowest BCUT2D eigenvalue weighted by atomic mass is 10.1. The Balaban J connectivity index is 1.87. The van der Waals surface area contributed by atoms with Crippen molar-refractivity contribution >= 4 is 17.4 Å². The van der Waals surface area contributed by atoms with Crippen molar-refractivity contribution in [1.29, 1.82) is 0 Å². The molecule has 0 fully saturated rings. The van der Waals surface area contributed by atoms with Gasteiger partial charge in [-0.3, -0.25) is 9.59 Å². The van der Waals surface area contributed by atoms with E-state index in [1.54, 1.807) is 24.3 Å². The van der Waals surface area contributed by atoms with Gasteiger partial charge in [-0.1, -0.05) is 12.1 Å². The zero-order chi connectivity index (χ0) is 17.5. The second-order valence-electron chi connectivity index (χ2n) is 4.82. The SMILES string of the molecule is CC(=O)c1cccc(OCC(=O)Nc2ccc(OC(F)F)cc2)c1. The smallest absolute Gasteiger partial charge is 0.387 e. The van der Waals surface area contributed by atoms with Crippen molar-refractivity contribution in [3.63, 3.8) is 0 Å². The summed E-state index contributed by atoms with van der Waals surface area (Å²) in [5.74, 6) is -0.124. The van der Waals surface area contributed by atoms with Crippen molar-refractivity contribution in [2.24, 2.45) is 0 Å². The molecular weight excluding hydrogens is 320 g/mol. The number of halogens is 2. The summed E-state index contributed by atoms with van der Waals surface area (Å²) in [5.41, 5.74) is 0.908. The highest BCUT2D eigenvalue weighted by Gasteiger charge is 2.07. The lowest BCUT2D eigenvalue weighted by Gasteiger charge is -2.09. The molecule has 0 aliphatic rings. The molecule has 24 heavy (non-hydrogen) atoms. The number of carbonyl (C=O) groups excluding carboxylic acids is 2. The van der Waals surface area contributed by atoms with E-state index in [4.69, 9.17) is 4.74 Å². The standard InChI is InChI=1S/C17H15F2NO4/c1-11(21)12-3-2-4-15(9-12)23-10-16(22)20-13-5-7-14(8-6-13)24-17(18)19/h2-9,17H,10H2,1H3,(H,20,22). The predicted molar refractivity (Wildman–Crippen MR) is 83.6 cm³/mol. The molecule has 126 valence electrons. The molecule has 0 aliphatic carbocycles. The molecule has 0 saturated heterocycles. The fourth-order valence-electron chi connectivity index (χ4n) is 1.87. The van der Waals surface area contributed by atoms with Gasteiger partial charge in [0.15, 0.2) is 12.4 Å². The monoisotopic (exact) mass is 335 g/mol. The summed E-state index contributed by atoms with van der Waals surface area (Å²) >= 11 is 0. The molecule has 1 amide bonds. The highest BCUT2D eigenvalue weighted by molar-refractivity contribution is 5.94. The Morgan fingerprint density at radius 1 is 1.08 bits per heavy atom. The first-order valence-corrected chi connectivity index (χ1v) is 7.02. The number of ether oxygens (including phenoxy) is 2. The van der Waals surface area contributed by atoms with E-state index in [1.165, 1.54) is 31.2 Å². The largest absolute Gasteiger partial charge is 0.484 e. The van der Waals surface area contributed by atoms with Gasteiger partial charge in [-0.15, -0.1) is 0 Å². The number of benzene rings is 2. The molecular formula is C17H15F2NO4. The maximum absolute atomic E-state index is 12.0. The lowest BCUT2D eigenvalue weighted by molar-refractivity contribution is -0.118. The van der Waals surface area contributed by atoms with Crippen molar-refractivity contribution in [3.05, 3.63) is 54.1 Å². The van der Waals surface area contributed by atoms with E-state index in [-0.39, 0.29) is 18.1 Å². The molecule has 0 saturated carbocycles. The van der Waals surface area contributed by atoms with E-state index in [0.29, 0.717) is 17.0 Å². The summed E-state index contributed by atoms with van der Waals surface area (Å²) < 4.78 is 33.6. The summed E-state index contributed by atoms with van der Waals surface area (Å²) in [7, 11) is 0. The molecule has 2 aromatic rings. The molecule has 0 heterocycles. The summed E-state index contributed by atoms with van der Waals surface area (Å²) in [4.78, 5) is 23.1. The number of Topliss-reactive ketones (excluding diaryl/α,β-unsaturated/α-hetero) is 1. The van der Waals surface area contributed by atoms with Gasteiger partial charge in [-0.2, -0.15) is 8.78 Å². The molecule has 0 unspecified atom stereocenters. The molecule has 2 rings (SSSR count). The molecule has 0 atom stereocenters. The van der Waals surface area contributed by atoms with Crippen LogP contribution in [0.5, 0.6) is 11.5 Å². The summed E-state index contributed by atoms with van der Waals surface area (Å²) in [6.07, 6.45) is 0. The number of hydrogen-bond acceptors (Lipinski definition) is 4. The van der Waals surface area contributed by atoms with Gasteiger partial charge >= 0.3 is 6.61 Å². The Kier molecular flexibility index (Phi) is 5.83. The van der Waals surface area contributed by atoms with Crippen LogP contribution in [0.4, 0.5) is 14.5 Å². The van der Waals surface area contributed by atoms with Crippen LogP contribution in [0, 0.1) is 0 Å². The molecule has 5 nitrogen and oxygen atoms in total. The third-order valence-corrected chi connectivity index (χ3v) is 2.97. The van der Waals surface area contributed by atoms with Gasteiger partial charge in [-0.25, -0.2) is 0 Å². The van der Waals surface area contributed by atoms with Crippen molar-refractivity contribution in [2.45, 2.75) is 13.5 Å². The minimum absolute atomic E-state index is 0.000275. The number of amides is 1. The highest BCUT2D eigenvalue weighted by Crippen LogP contribution is 2.18. The molecule has 2 aromatic carbocycles. The van der Waals surface area contributed by atoms with E-state index >= 15 is 0 Å². The molecule has 0 bridgehead atoms. The van der Waals surface area contributed by atoms with Crippen molar-refractivity contribution in [1.82, 2.24) is 0 Å². The number of carbonyl (C=O) groups is 2. The van der Waals surface area contributed by atoms with Gasteiger partial charge in [0, 0.05) is 11.3 Å². The van der Waals surface area contributed by atoms with Gasteiger partial charge in [0.1, 0.15) is 11.5 Å². The van der Waals surface area contributed by atoms with E-state index in [0.717, 1.165) is 0 Å². The topological polar surface area (TPSA) is 64.6 Å². The quantitative estimate of drug-likeness (QED) is 0.787. The van der Waals surface area contributed by atoms with E-state index in [2.05, 4.69) is 10.1 Å². The first-order valence-electron chi connectivity index (χ1n) is 7.02. The summed E-state index contributed by atoms with van der Waals surface area (Å²) in [6, 6.07) is 12.0. The van der Waals surface area contributed by atoms with E-state index in [9.17, 15) is 18.4 Å². The van der Waals surface area contributed by atoms with Crippen LogP contribution >= 0.6 is 0 Å². The van der Waals surface area contributed by atoms with Crippen LogP contribution in [0.3, 0.4) is 0 Å². The fraction of sp³-hybridized carbons (Fsp3) is 0.176. The first-order chi connectivity index (χ1) is 11.4. The maximum Gasteiger partial charge on any atom is 0.387 e. The minimum atomic E-state index is -2.90. The summed E-state index contributed by atoms with van der Waals surface area (Å²) in [6.45, 7) is -1.71. The van der Waals surface area contributed by atoms with Crippen LogP contribution < -0.4 is 14.8 Å². The van der Waals surface area contributed by atoms with Crippen molar-refractivity contribution < 1.29 is 27.8 Å². The van der Waals surface area contributed by atoms with Crippen molar-refractivity contribution in [3.8, 4) is 11.5 Å². The zero-order valence-electron chi connectivity index (χ0n) is 12.8. The average Bonchev–Trinajstić information content (AvgIpc) is 2.54. The molecule has 0 aliphatic heterocycles. The van der Waals surface area contributed by atoms with Crippen LogP contribution in [0.1, 0.15) is 17.3 Å². The van der Waals surface area contributed by atoms with Gasteiger partial charge < -0.3 is 14.8 Å². The first kappa shape index (κ1) is 17.4. The van der Waals surface area contributed by atoms with Crippen LogP contribution in [0.25, 0.3) is 0 Å². The normalized spacial score (nSPS) is 10.3. The average molecular weight is 335 g/mol. The number of alkyl halides is 2. The number of anilines is 1. The highest BCUT2D eigenvalue weighted by atomic mass is 19.3. The predicted octanol–water partition coefficient (Wildman–Crippen LogP) is 3.51. The van der Waals surface area contributed by atoms with Gasteiger partial charge in [-0.05, 0) is 43.3 Å². The lowest BCUT2D eigenvalue weighted by Crippen LogP contribution is -2.20. The Labute approximate surface area is 137 Å². The third-order valence-electron chi connectivity index (χ3n) is 2.97. The molecule has 7 heteroatoms. The van der Waals surface area contributed by atoms with Crippen molar-refractivity contribution in [2.75, 3.05) is 11.9 Å². The second-order valence-corrected chi connectivity index (χ2v) is 4.82. The molecule has 1 N–H and O–H groups in total. The fourth-order valence-corrected chi connectivity index (χ4v) is 1.87. The van der Waals surface area contributed by atoms with Gasteiger partial charge in [0.05, 0.1) is 0 Å². The Morgan fingerprint density at radius 3 is 2.42 bits per heavy atom. The zero-order valence-corrected chi connectivity index (χ0v) is 12.8. The number of rotatable bonds is 7. The summed E-state index contributed by atoms with van der Waals surface area (Å²) in [5, 5.41) is 2.56.